The van der Waals surface area contributed by atoms with Crippen LogP contribution in [0.3, 0.4) is 0 Å². The van der Waals surface area contributed by atoms with Crippen LogP contribution in [0.1, 0.15) is 36.9 Å². The van der Waals surface area contributed by atoms with Crippen molar-refractivity contribution in [2.75, 3.05) is 36.0 Å². The number of anilines is 2. The van der Waals surface area contributed by atoms with E-state index in [1.165, 1.54) is 12.8 Å². The third-order valence-corrected chi connectivity index (χ3v) is 4.54. The van der Waals surface area contributed by atoms with Gasteiger partial charge in [-0.2, -0.15) is 4.98 Å². The lowest BCUT2D eigenvalue weighted by Gasteiger charge is -2.34. The van der Waals surface area contributed by atoms with E-state index in [2.05, 4.69) is 14.9 Å². The molecule has 1 aromatic heterocycles. The molecule has 0 N–H and O–H groups in total. The molecule has 0 saturated carbocycles. The van der Waals surface area contributed by atoms with E-state index in [9.17, 15) is 8.78 Å². The fourth-order valence-corrected chi connectivity index (χ4v) is 3.01. The molecule has 2 saturated heterocycles. The molecule has 0 amide bonds. The summed E-state index contributed by atoms with van der Waals surface area (Å²) in [6.07, 6.45) is 2.16. The Morgan fingerprint density at radius 2 is 1.52 bits per heavy atom. The maximum atomic E-state index is 13.3. The second-order valence-electron chi connectivity index (χ2n) is 6.09. The van der Waals surface area contributed by atoms with Crippen molar-refractivity contribution in [2.24, 2.45) is 0 Å². The van der Waals surface area contributed by atoms with Crippen LogP contribution in [0.15, 0.2) is 0 Å². The highest BCUT2D eigenvalue weighted by Crippen LogP contribution is 2.32. The summed E-state index contributed by atoms with van der Waals surface area (Å²) in [7, 11) is 0. The molecule has 0 aromatic carbocycles. The minimum atomic E-state index is -2.52. The van der Waals surface area contributed by atoms with Crippen LogP contribution in [-0.4, -0.2) is 42.1 Å². The van der Waals surface area contributed by atoms with Crippen LogP contribution in [0.2, 0.25) is 0 Å². The fourth-order valence-electron chi connectivity index (χ4n) is 3.01. The second-order valence-corrected chi connectivity index (χ2v) is 6.09. The van der Waals surface area contributed by atoms with Gasteiger partial charge in [0.2, 0.25) is 5.95 Å². The number of piperidine rings is 1. The summed E-state index contributed by atoms with van der Waals surface area (Å²) in [6.45, 7) is 6.65. The Morgan fingerprint density at radius 1 is 0.905 bits per heavy atom. The molecule has 6 heteroatoms. The van der Waals surface area contributed by atoms with Gasteiger partial charge < -0.3 is 9.80 Å². The largest absolute Gasteiger partial charge is 0.356 e. The van der Waals surface area contributed by atoms with E-state index in [1.54, 1.807) is 0 Å². The minimum absolute atomic E-state index is 0.0888. The van der Waals surface area contributed by atoms with Crippen molar-refractivity contribution in [3.63, 3.8) is 0 Å². The van der Waals surface area contributed by atoms with Crippen LogP contribution < -0.4 is 9.80 Å². The third kappa shape index (κ3) is 2.94. The van der Waals surface area contributed by atoms with Gasteiger partial charge in [-0.05, 0) is 26.7 Å². The van der Waals surface area contributed by atoms with Gasteiger partial charge in [0.15, 0.2) is 0 Å². The molecule has 4 nitrogen and oxygen atoms in total. The smallest absolute Gasteiger partial charge is 0.251 e. The molecule has 3 rings (SSSR count). The highest BCUT2D eigenvalue weighted by molar-refractivity contribution is 5.53. The molecule has 2 aliphatic rings. The van der Waals surface area contributed by atoms with Crippen LogP contribution in [0.4, 0.5) is 20.5 Å². The number of aryl methyl sites for hydroxylation is 1. The van der Waals surface area contributed by atoms with E-state index in [4.69, 9.17) is 0 Å². The molecule has 1 aromatic rings. The number of rotatable bonds is 2. The lowest BCUT2D eigenvalue weighted by atomic mass is 10.1. The quantitative estimate of drug-likeness (QED) is 0.840. The van der Waals surface area contributed by atoms with Crippen molar-refractivity contribution in [1.82, 2.24) is 9.97 Å². The highest BCUT2D eigenvalue weighted by atomic mass is 19.3. The van der Waals surface area contributed by atoms with Crippen molar-refractivity contribution < 1.29 is 8.78 Å². The summed E-state index contributed by atoms with van der Waals surface area (Å²) < 4.78 is 26.7. The standard InChI is InChI=1S/C15H22F2N4/c1-11-12(2)18-14(21-7-3-4-8-21)19-13(11)20-9-5-15(16,17)6-10-20/h3-10H2,1-2H3. The van der Waals surface area contributed by atoms with Gasteiger partial charge in [-0.15, -0.1) is 0 Å². The summed E-state index contributed by atoms with van der Waals surface area (Å²) in [5, 5.41) is 0. The molecule has 2 aliphatic heterocycles. The lowest BCUT2D eigenvalue weighted by molar-refractivity contribution is -0.0221. The molecule has 0 spiro atoms. The molecule has 116 valence electrons. The van der Waals surface area contributed by atoms with E-state index < -0.39 is 5.92 Å². The number of halogens is 2. The first-order valence-electron chi connectivity index (χ1n) is 7.69. The van der Waals surface area contributed by atoms with Crippen LogP contribution in [0.5, 0.6) is 0 Å². The highest BCUT2D eigenvalue weighted by Gasteiger charge is 2.35. The Balaban J connectivity index is 1.87. The van der Waals surface area contributed by atoms with Gasteiger partial charge >= 0.3 is 0 Å². The molecule has 0 unspecified atom stereocenters. The molecule has 3 heterocycles. The van der Waals surface area contributed by atoms with E-state index in [0.717, 1.165) is 36.1 Å². The zero-order valence-corrected chi connectivity index (χ0v) is 12.7. The summed E-state index contributed by atoms with van der Waals surface area (Å²) in [6, 6.07) is 0. The summed E-state index contributed by atoms with van der Waals surface area (Å²) in [5.41, 5.74) is 1.95. The van der Waals surface area contributed by atoms with Gasteiger partial charge in [0, 0.05) is 50.3 Å². The van der Waals surface area contributed by atoms with Crippen LogP contribution >= 0.6 is 0 Å². The molecular weight excluding hydrogens is 274 g/mol. The van der Waals surface area contributed by atoms with Crippen LogP contribution in [-0.2, 0) is 0 Å². The van der Waals surface area contributed by atoms with E-state index in [-0.39, 0.29) is 12.8 Å². The van der Waals surface area contributed by atoms with E-state index >= 15 is 0 Å². The number of hydrogen-bond donors (Lipinski definition) is 0. The SMILES string of the molecule is Cc1nc(N2CCCC2)nc(N2CCC(F)(F)CC2)c1C. The maximum absolute atomic E-state index is 13.3. The molecule has 0 atom stereocenters. The van der Waals surface area contributed by atoms with Crippen molar-refractivity contribution in [1.29, 1.82) is 0 Å². The average Bonchev–Trinajstić information content (AvgIpc) is 2.96. The number of nitrogens with zero attached hydrogens (tertiary/aromatic N) is 4. The summed E-state index contributed by atoms with van der Waals surface area (Å²) >= 11 is 0. The molecule has 0 aliphatic carbocycles. The second kappa shape index (κ2) is 5.39. The Kier molecular flexibility index (Phi) is 3.71. The van der Waals surface area contributed by atoms with Gasteiger partial charge in [0.25, 0.3) is 5.92 Å². The predicted molar refractivity (Wildman–Crippen MR) is 79.3 cm³/mol. The van der Waals surface area contributed by atoms with Crippen molar-refractivity contribution in [3.05, 3.63) is 11.3 Å². The monoisotopic (exact) mass is 296 g/mol. The first-order valence-corrected chi connectivity index (χ1v) is 7.69. The van der Waals surface area contributed by atoms with E-state index in [0.29, 0.717) is 13.1 Å². The summed E-state index contributed by atoms with van der Waals surface area (Å²) in [5.74, 6) is -0.938. The summed E-state index contributed by atoms with van der Waals surface area (Å²) in [4.78, 5) is 13.4. The maximum Gasteiger partial charge on any atom is 0.251 e. The normalized spacial score (nSPS) is 21.9. The van der Waals surface area contributed by atoms with Crippen molar-refractivity contribution >= 4 is 11.8 Å². The number of hydrogen-bond acceptors (Lipinski definition) is 4. The first kappa shape index (κ1) is 14.5. The van der Waals surface area contributed by atoms with Crippen LogP contribution in [0.25, 0.3) is 0 Å². The fraction of sp³-hybridized carbons (Fsp3) is 0.733. The lowest BCUT2D eigenvalue weighted by Crippen LogP contribution is -2.40. The predicted octanol–water partition coefficient (Wildman–Crippen LogP) is 2.93. The van der Waals surface area contributed by atoms with Gasteiger partial charge in [0.1, 0.15) is 5.82 Å². The Bertz CT molecular complexity index is 517. The van der Waals surface area contributed by atoms with Crippen molar-refractivity contribution in [2.45, 2.75) is 45.5 Å². The Labute approximate surface area is 124 Å². The van der Waals surface area contributed by atoms with Crippen molar-refractivity contribution in [3.8, 4) is 0 Å². The number of alkyl halides is 2. The zero-order chi connectivity index (χ0) is 15.0. The van der Waals surface area contributed by atoms with Gasteiger partial charge in [0.05, 0.1) is 0 Å². The molecule has 0 radical (unpaired) electrons. The van der Waals surface area contributed by atoms with Gasteiger partial charge in [-0.3, -0.25) is 0 Å². The third-order valence-electron chi connectivity index (χ3n) is 4.54. The Morgan fingerprint density at radius 3 is 2.14 bits per heavy atom. The van der Waals surface area contributed by atoms with E-state index in [1.807, 2.05) is 18.7 Å². The molecule has 21 heavy (non-hydrogen) atoms. The molecule has 2 fully saturated rings. The molecule has 0 bridgehead atoms. The topological polar surface area (TPSA) is 32.3 Å². The van der Waals surface area contributed by atoms with Crippen LogP contribution in [0, 0.1) is 13.8 Å². The minimum Gasteiger partial charge on any atom is -0.356 e. The Hall–Kier alpha value is -1.46. The van der Waals surface area contributed by atoms with Gasteiger partial charge in [-0.1, -0.05) is 0 Å². The molecular formula is C15H22F2N4. The zero-order valence-electron chi connectivity index (χ0n) is 12.7. The average molecular weight is 296 g/mol. The first-order chi connectivity index (χ1) is 9.96. The van der Waals surface area contributed by atoms with Gasteiger partial charge in [-0.25, -0.2) is 13.8 Å². The number of aromatic nitrogens is 2.